The highest BCUT2D eigenvalue weighted by Crippen LogP contribution is 2.28. The molecule has 5 heteroatoms. The number of carbonyl (C=O) groups is 1. The largest absolute Gasteiger partial charge is 0.453 e. The van der Waals surface area contributed by atoms with E-state index in [-0.39, 0.29) is 24.2 Å². The first-order valence-corrected chi connectivity index (χ1v) is 6.84. The summed E-state index contributed by atoms with van der Waals surface area (Å²) in [7, 11) is 1.40. The molecule has 1 aliphatic heterocycles. The summed E-state index contributed by atoms with van der Waals surface area (Å²) in [5.41, 5.74) is 0. The summed E-state index contributed by atoms with van der Waals surface area (Å²) in [5, 5.41) is 13.3. The average molecular weight is 256 g/mol. The summed E-state index contributed by atoms with van der Waals surface area (Å²) in [4.78, 5) is 13.3. The second-order valence-electron chi connectivity index (χ2n) is 5.66. The summed E-state index contributed by atoms with van der Waals surface area (Å²) in [6, 6.07) is 0.276. The molecule has 0 bridgehead atoms. The van der Waals surface area contributed by atoms with Gasteiger partial charge in [0.2, 0.25) is 0 Å². The number of carbonyl (C=O) groups excluding carboxylic acids is 1. The standard InChI is InChI=1S/C13H24N2O3/c1-9(16)11-5-12(14-6-10-3-4-10)8-15(7-11)13(17)18-2/h9-12,14,16H,3-8H2,1-2H3. The van der Waals surface area contributed by atoms with E-state index in [1.807, 2.05) is 0 Å². The lowest BCUT2D eigenvalue weighted by Gasteiger charge is -2.38. The van der Waals surface area contributed by atoms with Crippen LogP contribution in [-0.4, -0.2) is 55.0 Å². The molecular formula is C13H24N2O3. The molecule has 0 spiro atoms. The fourth-order valence-corrected chi connectivity index (χ4v) is 2.57. The fourth-order valence-electron chi connectivity index (χ4n) is 2.57. The highest BCUT2D eigenvalue weighted by atomic mass is 16.5. The summed E-state index contributed by atoms with van der Waals surface area (Å²) < 4.78 is 4.78. The molecule has 1 saturated carbocycles. The van der Waals surface area contributed by atoms with E-state index >= 15 is 0 Å². The number of aliphatic hydroxyl groups excluding tert-OH is 1. The Kier molecular flexibility index (Phi) is 4.45. The Balaban J connectivity index is 1.89. The van der Waals surface area contributed by atoms with Gasteiger partial charge in [-0.15, -0.1) is 0 Å². The summed E-state index contributed by atoms with van der Waals surface area (Å²) >= 11 is 0. The number of aliphatic hydroxyl groups is 1. The van der Waals surface area contributed by atoms with E-state index in [0.717, 1.165) is 18.9 Å². The molecular weight excluding hydrogens is 232 g/mol. The van der Waals surface area contributed by atoms with Crippen molar-refractivity contribution in [1.82, 2.24) is 10.2 Å². The minimum Gasteiger partial charge on any atom is -0.453 e. The minimum absolute atomic E-state index is 0.134. The quantitative estimate of drug-likeness (QED) is 0.782. The van der Waals surface area contributed by atoms with Gasteiger partial charge in [-0.1, -0.05) is 0 Å². The zero-order valence-electron chi connectivity index (χ0n) is 11.3. The summed E-state index contributed by atoms with van der Waals surface area (Å²) in [6.07, 6.45) is 2.89. The monoisotopic (exact) mass is 256 g/mol. The van der Waals surface area contributed by atoms with Crippen LogP contribution in [0.1, 0.15) is 26.2 Å². The maximum Gasteiger partial charge on any atom is 0.409 e. The van der Waals surface area contributed by atoms with Gasteiger partial charge >= 0.3 is 6.09 Å². The number of piperidine rings is 1. The molecule has 2 fully saturated rings. The topological polar surface area (TPSA) is 61.8 Å². The minimum atomic E-state index is -0.386. The number of likely N-dealkylation sites (tertiary alicyclic amines) is 1. The molecule has 0 radical (unpaired) electrons. The second kappa shape index (κ2) is 5.89. The third-order valence-corrected chi connectivity index (χ3v) is 3.99. The van der Waals surface area contributed by atoms with Crippen molar-refractivity contribution in [2.24, 2.45) is 11.8 Å². The Labute approximate surface area is 108 Å². The maximum absolute atomic E-state index is 11.6. The fraction of sp³-hybridized carbons (Fsp3) is 0.923. The Morgan fingerprint density at radius 3 is 2.78 bits per heavy atom. The van der Waals surface area contributed by atoms with Crippen molar-refractivity contribution in [3.63, 3.8) is 0 Å². The van der Waals surface area contributed by atoms with Crippen LogP contribution in [0.25, 0.3) is 0 Å². The maximum atomic E-state index is 11.6. The Bertz CT molecular complexity index is 292. The van der Waals surface area contributed by atoms with Crippen molar-refractivity contribution in [3.05, 3.63) is 0 Å². The second-order valence-corrected chi connectivity index (χ2v) is 5.66. The van der Waals surface area contributed by atoms with Crippen LogP contribution in [0.15, 0.2) is 0 Å². The highest BCUT2D eigenvalue weighted by Gasteiger charge is 2.33. The molecule has 2 aliphatic rings. The van der Waals surface area contributed by atoms with Crippen molar-refractivity contribution >= 4 is 6.09 Å². The molecule has 1 heterocycles. The Hall–Kier alpha value is -0.810. The van der Waals surface area contributed by atoms with Gasteiger partial charge in [-0.05, 0) is 38.6 Å². The van der Waals surface area contributed by atoms with Crippen LogP contribution >= 0.6 is 0 Å². The number of nitrogens with one attached hydrogen (secondary N) is 1. The average Bonchev–Trinajstić information content (AvgIpc) is 3.19. The van der Waals surface area contributed by atoms with Gasteiger partial charge in [0.05, 0.1) is 13.2 Å². The number of rotatable bonds is 4. The molecule has 5 nitrogen and oxygen atoms in total. The smallest absolute Gasteiger partial charge is 0.409 e. The number of methoxy groups -OCH3 is 1. The van der Waals surface area contributed by atoms with E-state index in [2.05, 4.69) is 5.32 Å². The summed E-state index contributed by atoms with van der Waals surface area (Å²) in [5.74, 6) is 0.957. The van der Waals surface area contributed by atoms with Gasteiger partial charge in [0, 0.05) is 25.0 Å². The van der Waals surface area contributed by atoms with Crippen molar-refractivity contribution < 1.29 is 14.6 Å². The molecule has 104 valence electrons. The molecule has 0 aromatic heterocycles. The van der Waals surface area contributed by atoms with Crippen molar-refractivity contribution in [2.75, 3.05) is 26.7 Å². The first-order chi connectivity index (χ1) is 8.60. The van der Waals surface area contributed by atoms with Gasteiger partial charge in [-0.25, -0.2) is 4.79 Å². The zero-order chi connectivity index (χ0) is 13.1. The summed E-state index contributed by atoms with van der Waals surface area (Å²) in [6.45, 7) is 4.10. The van der Waals surface area contributed by atoms with E-state index in [1.165, 1.54) is 20.0 Å². The molecule has 2 rings (SSSR count). The normalized spacial score (nSPS) is 30.1. The number of hydrogen-bond donors (Lipinski definition) is 2. The molecule has 1 aliphatic carbocycles. The predicted octanol–water partition coefficient (Wildman–Crippen LogP) is 0.824. The van der Waals surface area contributed by atoms with E-state index in [0.29, 0.717) is 13.1 Å². The number of hydrogen-bond acceptors (Lipinski definition) is 4. The first-order valence-electron chi connectivity index (χ1n) is 6.84. The van der Waals surface area contributed by atoms with E-state index < -0.39 is 0 Å². The third kappa shape index (κ3) is 3.59. The number of amides is 1. The van der Waals surface area contributed by atoms with Gasteiger partial charge in [0.25, 0.3) is 0 Å². The van der Waals surface area contributed by atoms with Gasteiger partial charge < -0.3 is 20.1 Å². The molecule has 0 aromatic rings. The molecule has 3 atom stereocenters. The van der Waals surface area contributed by atoms with Crippen LogP contribution in [0, 0.1) is 11.8 Å². The van der Waals surface area contributed by atoms with Crippen molar-refractivity contribution in [1.29, 1.82) is 0 Å². The van der Waals surface area contributed by atoms with E-state index in [4.69, 9.17) is 4.74 Å². The van der Waals surface area contributed by atoms with E-state index in [9.17, 15) is 9.90 Å². The SMILES string of the molecule is COC(=O)N1CC(NCC2CC2)CC(C(C)O)C1. The van der Waals surface area contributed by atoms with Gasteiger partial charge in [-0.2, -0.15) is 0 Å². The Morgan fingerprint density at radius 2 is 2.22 bits per heavy atom. The van der Waals surface area contributed by atoms with Crippen LogP contribution in [0.3, 0.4) is 0 Å². The van der Waals surface area contributed by atoms with E-state index in [1.54, 1.807) is 11.8 Å². The predicted molar refractivity (Wildman–Crippen MR) is 68.3 cm³/mol. The third-order valence-electron chi connectivity index (χ3n) is 3.99. The Morgan fingerprint density at radius 1 is 1.50 bits per heavy atom. The number of nitrogens with zero attached hydrogens (tertiary/aromatic N) is 1. The molecule has 0 aromatic carbocycles. The van der Waals surface area contributed by atoms with Crippen LogP contribution in [-0.2, 0) is 4.74 Å². The lowest BCUT2D eigenvalue weighted by Crippen LogP contribution is -2.53. The zero-order valence-corrected chi connectivity index (χ0v) is 11.3. The van der Waals surface area contributed by atoms with Gasteiger partial charge in [-0.3, -0.25) is 0 Å². The first kappa shape index (κ1) is 13.6. The van der Waals surface area contributed by atoms with Crippen molar-refractivity contribution in [3.8, 4) is 0 Å². The number of ether oxygens (including phenoxy) is 1. The molecule has 1 amide bonds. The van der Waals surface area contributed by atoms with Gasteiger partial charge in [0.15, 0.2) is 0 Å². The highest BCUT2D eigenvalue weighted by molar-refractivity contribution is 5.67. The molecule has 3 unspecified atom stereocenters. The molecule has 2 N–H and O–H groups in total. The van der Waals surface area contributed by atoms with Crippen LogP contribution < -0.4 is 5.32 Å². The van der Waals surface area contributed by atoms with Crippen LogP contribution in [0.5, 0.6) is 0 Å². The molecule has 18 heavy (non-hydrogen) atoms. The van der Waals surface area contributed by atoms with Crippen molar-refractivity contribution in [2.45, 2.75) is 38.3 Å². The van der Waals surface area contributed by atoms with Gasteiger partial charge in [0.1, 0.15) is 0 Å². The van der Waals surface area contributed by atoms with Crippen LogP contribution in [0.4, 0.5) is 4.79 Å². The molecule has 1 saturated heterocycles. The lowest BCUT2D eigenvalue weighted by atomic mass is 9.90. The van der Waals surface area contributed by atoms with Crippen LogP contribution in [0.2, 0.25) is 0 Å². The lowest BCUT2D eigenvalue weighted by molar-refractivity contribution is 0.0426.